The van der Waals surface area contributed by atoms with Gasteiger partial charge in [0, 0.05) is 11.9 Å². The number of anilines is 1. The van der Waals surface area contributed by atoms with Crippen molar-refractivity contribution < 1.29 is 4.74 Å². The van der Waals surface area contributed by atoms with E-state index < -0.39 is 0 Å². The number of hydrogen-bond acceptors (Lipinski definition) is 3. The SMILES string of the molecule is CNc1c(S)cccc1OC. The standard InChI is InChI=1S/C8H11NOS/c1-9-8-6(10-2)4-3-5-7(8)11/h3-5,9,11H,1-2H3. The predicted molar refractivity (Wildman–Crippen MR) is 49.8 cm³/mol. The van der Waals surface area contributed by atoms with Crippen LogP contribution in [0.2, 0.25) is 0 Å². The van der Waals surface area contributed by atoms with Gasteiger partial charge in [-0.25, -0.2) is 0 Å². The van der Waals surface area contributed by atoms with Crippen molar-refractivity contribution in [3.05, 3.63) is 18.2 Å². The van der Waals surface area contributed by atoms with Crippen molar-refractivity contribution in [1.82, 2.24) is 0 Å². The average Bonchev–Trinajstić information content (AvgIpc) is 2.04. The maximum Gasteiger partial charge on any atom is 0.143 e. The van der Waals surface area contributed by atoms with Crippen LogP contribution in [0, 0.1) is 0 Å². The highest BCUT2D eigenvalue weighted by Crippen LogP contribution is 2.29. The van der Waals surface area contributed by atoms with Crippen molar-refractivity contribution in [3.63, 3.8) is 0 Å². The maximum atomic E-state index is 5.11. The lowest BCUT2D eigenvalue weighted by atomic mass is 10.3. The van der Waals surface area contributed by atoms with Crippen LogP contribution >= 0.6 is 12.6 Å². The molecule has 1 rings (SSSR count). The normalized spacial score (nSPS) is 9.36. The molecular formula is C8H11NOS. The third kappa shape index (κ3) is 1.60. The lowest BCUT2D eigenvalue weighted by Gasteiger charge is -2.08. The minimum absolute atomic E-state index is 0.819. The van der Waals surface area contributed by atoms with Gasteiger partial charge >= 0.3 is 0 Å². The Hall–Kier alpha value is -0.830. The highest BCUT2D eigenvalue weighted by Gasteiger charge is 2.02. The average molecular weight is 169 g/mol. The minimum Gasteiger partial charge on any atom is -0.495 e. The van der Waals surface area contributed by atoms with Gasteiger partial charge in [0.25, 0.3) is 0 Å². The number of hydrogen-bond donors (Lipinski definition) is 2. The van der Waals surface area contributed by atoms with E-state index in [9.17, 15) is 0 Å². The smallest absolute Gasteiger partial charge is 0.143 e. The van der Waals surface area contributed by atoms with Crippen LogP contribution < -0.4 is 10.1 Å². The van der Waals surface area contributed by atoms with Gasteiger partial charge in [-0.15, -0.1) is 12.6 Å². The van der Waals surface area contributed by atoms with E-state index in [2.05, 4.69) is 17.9 Å². The molecule has 0 saturated heterocycles. The van der Waals surface area contributed by atoms with Gasteiger partial charge in [-0.3, -0.25) is 0 Å². The number of methoxy groups -OCH3 is 1. The zero-order chi connectivity index (χ0) is 8.27. The molecule has 0 unspecified atom stereocenters. The Morgan fingerprint density at radius 1 is 1.45 bits per heavy atom. The largest absolute Gasteiger partial charge is 0.495 e. The Kier molecular flexibility index (Phi) is 2.65. The van der Waals surface area contributed by atoms with E-state index in [0.29, 0.717) is 0 Å². The quantitative estimate of drug-likeness (QED) is 0.661. The number of nitrogens with one attached hydrogen (secondary N) is 1. The number of rotatable bonds is 2. The van der Waals surface area contributed by atoms with Crippen LogP contribution in [-0.2, 0) is 0 Å². The van der Waals surface area contributed by atoms with Gasteiger partial charge in [0.15, 0.2) is 0 Å². The first-order valence-electron chi connectivity index (χ1n) is 3.33. The van der Waals surface area contributed by atoms with Crippen molar-refractivity contribution in [1.29, 1.82) is 0 Å². The Balaban J connectivity index is 3.13. The molecule has 0 aliphatic carbocycles. The summed E-state index contributed by atoms with van der Waals surface area (Å²) < 4.78 is 5.11. The fraction of sp³-hybridized carbons (Fsp3) is 0.250. The van der Waals surface area contributed by atoms with Gasteiger partial charge in [0.2, 0.25) is 0 Å². The molecule has 0 atom stereocenters. The van der Waals surface area contributed by atoms with Gasteiger partial charge in [0.05, 0.1) is 12.8 Å². The van der Waals surface area contributed by atoms with Crippen LogP contribution in [0.3, 0.4) is 0 Å². The van der Waals surface area contributed by atoms with Gasteiger partial charge in [-0.2, -0.15) is 0 Å². The molecule has 1 N–H and O–H groups in total. The predicted octanol–water partition coefficient (Wildman–Crippen LogP) is 2.03. The molecule has 0 fully saturated rings. The summed E-state index contributed by atoms with van der Waals surface area (Å²) in [6, 6.07) is 5.71. The fourth-order valence-electron chi connectivity index (χ4n) is 0.941. The monoisotopic (exact) mass is 169 g/mol. The van der Waals surface area contributed by atoms with Crippen LogP contribution in [0.1, 0.15) is 0 Å². The van der Waals surface area contributed by atoms with E-state index in [1.807, 2.05) is 25.2 Å². The lowest BCUT2D eigenvalue weighted by molar-refractivity contribution is 0.416. The summed E-state index contributed by atoms with van der Waals surface area (Å²) in [5, 5.41) is 3.01. The highest BCUT2D eigenvalue weighted by molar-refractivity contribution is 7.80. The van der Waals surface area contributed by atoms with Crippen LogP contribution in [-0.4, -0.2) is 14.2 Å². The van der Waals surface area contributed by atoms with E-state index in [-0.39, 0.29) is 0 Å². The summed E-state index contributed by atoms with van der Waals surface area (Å²) in [6.07, 6.45) is 0. The zero-order valence-electron chi connectivity index (χ0n) is 6.59. The van der Waals surface area contributed by atoms with E-state index in [1.165, 1.54) is 0 Å². The molecule has 0 spiro atoms. The van der Waals surface area contributed by atoms with Crippen LogP contribution in [0.25, 0.3) is 0 Å². The molecular weight excluding hydrogens is 158 g/mol. The molecule has 0 saturated carbocycles. The van der Waals surface area contributed by atoms with Crippen LogP contribution in [0.15, 0.2) is 23.1 Å². The molecule has 0 radical (unpaired) electrons. The Bertz CT molecular complexity index is 250. The summed E-state index contributed by atoms with van der Waals surface area (Å²) in [7, 11) is 3.49. The van der Waals surface area contributed by atoms with E-state index in [4.69, 9.17) is 4.74 Å². The molecule has 11 heavy (non-hydrogen) atoms. The van der Waals surface area contributed by atoms with Crippen molar-refractivity contribution >= 4 is 18.3 Å². The topological polar surface area (TPSA) is 21.3 Å². The molecule has 1 aromatic carbocycles. The van der Waals surface area contributed by atoms with Crippen LogP contribution in [0.5, 0.6) is 5.75 Å². The van der Waals surface area contributed by atoms with E-state index in [1.54, 1.807) is 7.11 Å². The second-order valence-electron chi connectivity index (χ2n) is 2.10. The number of thiol groups is 1. The second kappa shape index (κ2) is 3.53. The van der Waals surface area contributed by atoms with E-state index in [0.717, 1.165) is 16.3 Å². The number of ether oxygens (including phenoxy) is 1. The maximum absolute atomic E-state index is 5.11. The molecule has 3 heteroatoms. The Labute approximate surface area is 72.0 Å². The molecule has 0 heterocycles. The summed E-state index contributed by atoms with van der Waals surface area (Å²) in [5.41, 5.74) is 0.929. The molecule has 1 aromatic rings. The van der Waals surface area contributed by atoms with Gasteiger partial charge in [-0.05, 0) is 12.1 Å². The summed E-state index contributed by atoms with van der Waals surface area (Å²) >= 11 is 4.26. The first-order valence-corrected chi connectivity index (χ1v) is 3.78. The van der Waals surface area contributed by atoms with Gasteiger partial charge in [0.1, 0.15) is 5.75 Å². The summed E-state index contributed by atoms with van der Waals surface area (Å²) in [5.74, 6) is 0.819. The van der Waals surface area contributed by atoms with Crippen LogP contribution in [0.4, 0.5) is 5.69 Å². The second-order valence-corrected chi connectivity index (χ2v) is 2.59. The minimum atomic E-state index is 0.819. The fourth-order valence-corrected chi connectivity index (χ4v) is 1.25. The third-order valence-corrected chi connectivity index (χ3v) is 1.85. The number of para-hydroxylation sites is 1. The van der Waals surface area contributed by atoms with Gasteiger partial charge in [-0.1, -0.05) is 6.07 Å². The molecule has 2 nitrogen and oxygen atoms in total. The number of benzene rings is 1. The molecule has 0 bridgehead atoms. The molecule has 60 valence electrons. The molecule has 0 aliphatic heterocycles. The Morgan fingerprint density at radius 3 is 2.64 bits per heavy atom. The summed E-state index contributed by atoms with van der Waals surface area (Å²) in [4.78, 5) is 0.895. The van der Waals surface area contributed by atoms with Crippen molar-refractivity contribution in [2.45, 2.75) is 4.90 Å². The molecule has 0 amide bonds. The van der Waals surface area contributed by atoms with E-state index >= 15 is 0 Å². The summed E-state index contributed by atoms with van der Waals surface area (Å²) in [6.45, 7) is 0. The third-order valence-electron chi connectivity index (χ3n) is 1.47. The zero-order valence-corrected chi connectivity index (χ0v) is 7.48. The van der Waals surface area contributed by atoms with Gasteiger partial charge < -0.3 is 10.1 Å². The molecule has 0 aromatic heterocycles. The van der Waals surface area contributed by atoms with Crippen molar-refractivity contribution in [2.24, 2.45) is 0 Å². The van der Waals surface area contributed by atoms with Crippen molar-refractivity contribution in [3.8, 4) is 5.75 Å². The Morgan fingerprint density at radius 2 is 2.18 bits per heavy atom. The first-order chi connectivity index (χ1) is 5.29. The first kappa shape index (κ1) is 8.27. The van der Waals surface area contributed by atoms with Crippen molar-refractivity contribution in [2.75, 3.05) is 19.5 Å². The highest BCUT2D eigenvalue weighted by atomic mass is 32.1. The lowest BCUT2D eigenvalue weighted by Crippen LogP contribution is -1.94. The molecule has 0 aliphatic rings.